The minimum atomic E-state index is -3.57. The number of aryl methyl sites for hydroxylation is 1. The van der Waals surface area contributed by atoms with Crippen LogP contribution in [0.5, 0.6) is 11.5 Å². The molecule has 248 valence electrons. The van der Waals surface area contributed by atoms with Crippen LogP contribution >= 0.6 is 0 Å². The first-order valence-electron chi connectivity index (χ1n) is 15.7. The fourth-order valence-electron chi connectivity index (χ4n) is 5.23. The van der Waals surface area contributed by atoms with E-state index in [4.69, 9.17) is 9.47 Å². The van der Waals surface area contributed by atoms with Gasteiger partial charge in [-0.3, -0.25) is 9.59 Å². The van der Waals surface area contributed by atoms with Crippen molar-refractivity contribution in [2.24, 2.45) is 0 Å². The summed E-state index contributed by atoms with van der Waals surface area (Å²) in [6.45, 7) is 2.65. The molecular formula is C37H43N3O6S. The normalized spacial score (nSPS) is 11.8. The van der Waals surface area contributed by atoms with E-state index >= 15 is 0 Å². The van der Waals surface area contributed by atoms with Crippen LogP contribution in [0.15, 0.2) is 108 Å². The van der Waals surface area contributed by atoms with Crippen LogP contribution in [0.1, 0.15) is 35.6 Å². The average Bonchev–Trinajstić information content (AvgIpc) is 3.10. The predicted octanol–water partition coefficient (Wildman–Crippen LogP) is 4.93. The number of hydrogen-bond acceptors (Lipinski definition) is 6. The Morgan fingerprint density at radius 2 is 1.28 bits per heavy atom. The molecule has 4 aromatic rings. The summed E-state index contributed by atoms with van der Waals surface area (Å²) in [6, 6.07) is 30.6. The van der Waals surface area contributed by atoms with Crippen molar-refractivity contribution in [1.82, 2.24) is 14.9 Å². The van der Waals surface area contributed by atoms with E-state index in [-0.39, 0.29) is 29.7 Å². The minimum absolute atomic E-state index is 0.139. The number of benzene rings is 4. The second-order valence-electron chi connectivity index (χ2n) is 11.1. The van der Waals surface area contributed by atoms with Crippen LogP contribution in [0.4, 0.5) is 0 Å². The molecule has 0 bridgehead atoms. The van der Waals surface area contributed by atoms with Crippen molar-refractivity contribution in [2.45, 2.75) is 50.1 Å². The van der Waals surface area contributed by atoms with E-state index in [1.807, 2.05) is 78.9 Å². The molecule has 0 aliphatic rings. The third kappa shape index (κ3) is 10.4. The van der Waals surface area contributed by atoms with Crippen molar-refractivity contribution in [2.75, 3.05) is 27.3 Å². The Morgan fingerprint density at radius 1 is 0.723 bits per heavy atom. The zero-order valence-corrected chi connectivity index (χ0v) is 28.0. The summed E-state index contributed by atoms with van der Waals surface area (Å²) in [6.07, 6.45) is 1.49. The number of methoxy groups -OCH3 is 2. The highest BCUT2D eigenvalue weighted by Crippen LogP contribution is 2.20. The van der Waals surface area contributed by atoms with Crippen molar-refractivity contribution < 1.29 is 27.5 Å². The molecule has 0 aliphatic carbocycles. The maximum atomic E-state index is 14.1. The standard InChI is InChI=1S/C37H43N3O6S/c1-4-39-47(43,44)34-21-14-28(15-22-34)16-23-36(41)40(27-31-12-19-33(46-3)20-13-31)35(26-30-8-6-5-7-9-30)37(42)38-25-24-29-10-17-32(45-2)18-11-29/h5-15,17-22,35,39H,4,16,23-27H2,1-3H3,(H,38,42)/t35-/m0/s1. The Hall–Kier alpha value is -4.67. The van der Waals surface area contributed by atoms with Gasteiger partial charge >= 0.3 is 0 Å². The van der Waals surface area contributed by atoms with Gasteiger partial charge in [-0.25, -0.2) is 13.1 Å². The monoisotopic (exact) mass is 657 g/mol. The molecule has 10 heteroatoms. The number of rotatable bonds is 17. The van der Waals surface area contributed by atoms with Crippen LogP contribution in [0, 0.1) is 0 Å². The third-order valence-corrected chi connectivity index (χ3v) is 9.41. The van der Waals surface area contributed by atoms with Crippen molar-refractivity contribution in [3.8, 4) is 11.5 Å². The van der Waals surface area contributed by atoms with Crippen molar-refractivity contribution in [1.29, 1.82) is 0 Å². The number of hydrogen-bond donors (Lipinski definition) is 2. The summed E-state index contributed by atoms with van der Waals surface area (Å²) in [5, 5.41) is 3.08. The topological polar surface area (TPSA) is 114 Å². The lowest BCUT2D eigenvalue weighted by atomic mass is 10.0. The maximum Gasteiger partial charge on any atom is 0.243 e. The van der Waals surface area contributed by atoms with Crippen LogP contribution < -0.4 is 19.5 Å². The number of nitrogens with zero attached hydrogens (tertiary/aromatic N) is 1. The molecule has 2 amide bonds. The molecule has 0 aromatic heterocycles. The minimum Gasteiger partial charge on any atom is -0.497 e. The third-order valence-electron chi connectivity index (χ3n) is 7.85. The van der Waals surface area contributed by atoms with Gasteiger partial charge in [0.1, 0.15) is 17.5 Å². The number of ether oxygens (including phenoxy) is 2. The summed E-state index contributed by atoms with van der Waals surface area (Å²) in [4.78, 5) is 29.8. The molecule has 0 heterocycles. The van der Waals surface area contributed by atoms with Gasteiger partial charge in [0, 0.05) is 32.5 Å². The van der Waals surface area contributed by atoms with E-state index in [0.29, 0.717) is 38.1 Å². The smallest absolute Gasteiger partial charge is 0.243 e. The highest BCUT2D eigenvalue weighted by Gasteiger charge is 2.30. The molecule has 0 aliphatic heterocycles. The van der Waals surface area contributed by atoms with E-state index in [9.17, 15) is 18.0 Å². The number of carbonyl (C=O) groups is 2. The molecule has 2 N–H and O–H groups in total. The fourth-order valence-corrected chi connectivity index (χ4v) is 6.27. The molecule has 9 nitrogen and oxygen atoms in total. The van der Waals surface area contributed by atoms with Gasteiger partial charge in [0.05, 0.1) is 19.1 Å². The highest BCUT2D eigenvalue weighted by molar-refractivity contribution is 7.89. The second-order valence-corrected chi connectivity index (χ2v) is 12.9. The number of sulfonamides is 1. The highest BCUT2D eigenvalue weighted by atomic mass is 32.2. The molecule has 0 saturated carbocycles. The number of nitrogens with one attached hydrogen (secondary N) is 2. The summed E-state index contributed by atoms with van der Waals surface area (Å²) >= 11 is 0. The quantitative estimate of drug-likeness (QED) is 0.167. The first-order chi connectivity index (χ1) is 22.7. The Kier molecular flexibility index (Phi) is 13.0. The second kappa shape index (κ2) is 17.3. The molecular weight excluding hydrogens is 614 g/mol. The summed E-state index contributed by atoms with van der Waals surface area (Å²) in [7, 11) is -0.358. The van der Waals surface area contributed by atoms with Crippen molar-refractivity contribution >= 4 is 21.8 Å². The van der Waals surface area contributed by atoms with E-state index in [0.717, 1.165) is 28.0 Å². The van der Waals surface area contributed by atoms with Gasteiger partial charge in [-0.15, -0.1) is 0 Å². The van der Waals surface area contributed by atoms with Crippen molar-refractivity contribution in [3.05, 3.63) is 125 Å². The van der Waals surface area contributed by atoms with Gasteiger partial charge in [-0.1, -0.05) is 73.7 Å². The maximum absolute atomic E-state index is 14.1. The molecule has 0 saturated heterocycles. The Bertz CT molecular complexity index is 1680. The van der Waals surface area contributed by atoms with Gasteiger partial charge in [0.15, 0.2) is 0 Å². The Labute approximate surface area is 278 Å². The lowest BCUT2D eigenvalue weighted by Gasteiger charge is -2.32. The molecule has 1 atom stereocenters. The van der Waals surface area contributed by atoms with Gasteiger partial charge in [0.2, 0.25) is 21.8 Å². The van der Waals surface area contributed by atoms with Gasteiger partial charge < -0.3 is 19.7 Å². The van der Waals surface area contributed by atoms with E-state index < -0.39 is 16.1 Å². The first-order valence-corrected chi connectivity index (χ1v) is 17.2. The molecule has 0 fully saturated rings. The lowest BCUT2D eigenvalue weighted by Crippen LogP contribution is -2.50. The van der Waals surface area contributed by atoms with Crippen LogP contribution in [0.2, 0.25) is 0 Å². The zero-order chi connectivity index (χ0) is 33.6. The van der Waals surface area contributed by atoms with Crippen LogP contribution in [0.3, 0.4) is 0 Å². The number of amides is 2. The predicted molar refractivity (Wildman–Crippen MR) is 183 cm³/mol. The van der Waals surface area contributed by atoms with Crippen LogP contribution in [-0.4, -0.2) is 58.5 Å². The molecule has 4 aromatic carbocycles. The van der Waals surface area contributed by atoms with Gasteiger partial charge in [-0.05, 0) is 71.5 Å². The molecule has 0 unspecified atom stereocenters. The largest absolute Gasteiger partial charge is 0.497 e. The SMILES string of the molecule is CCNS(=O)(=O)c1ccc(CCC(=O)N(Cc2ccc(OC)cc2)[C@@H](Cc2ccccc2)C(=O)NCCc2ccc(OC)cc2)cc1. The van der Waals surface area contributed by atoms with E-state index in [2.05, 4.69) is 10.0 Å². The van der Waals surface area contributed by atoms with E-state index in [1.54, 1.807) is 50.3 Å². The lowest BCUT2D eigenvalue weighted by molar-refractivity contribution is -0.141. The first kappa shape index (κ1) is 35.2. The summed E-state index contributed by atoms with van der Waals surface area (Å²) < 4.78 is 37.8. The summed E-state index contributed by atoms with van der Waals surface area (Å²) in [5.74, 6) is 1.05. The summed E-state index contributed by atoms with van der Waals surface area (Å²) in [5.41, 5.74) is 3.68. The molecule has 47 heavy (non-hydrogen) atoms. The van der Waals surface area contributed by atoms with Crippen LogP contribution in [-0.2, 0) is 45.4 Å². The average molecular weight is 658 g/mol. The van der Waals surface area contributed by atoms with Gasteiger partial charge in [0.25, 0.3) is 0 Å². The Morgan fingerprint density at radius 3 is 1.85 bits per heavy atom. The molecule has 0 radical (unpaired) electrons. The van der Waals surface area contributed by atoms with Crippen LogP contribution in [0.25, 0.3) is 0 Å². The zero-order valence-electron chi connectivity index (χ0n) is 27.1. The number of carbonyl (C=O) groups excluding carboxylic acids is 2. The van der Waals surface area contributed by atoms with Gasteiger partial charge in [-0.2, -0.15) is 0 Å². The fraction of sp³-hybridized carbons (Fsp3) is 0.297. The van der Waals surface area contributed by atoms with E-state index in [1.165, 1.54) is 0 Å². The molecule has 4 rings (SSSR count). The Balaban J connectivity index is 1.56. The van der Waals surface area contributed by atoms with Crippen molar-refractivity contribution in [3.63, 3.8) is 0 Å². The molecule has 0 spiro atoms.